The average molecular weight is 330 g/mol. The first-order valence-corrected chi connectivity index (χ1v) is 8.95. The maximum atomic E-state index is 11.0. The summed E-state index contributed by atoms with van der Waals surface area (Å²) in [5.74, 6) is -0.806. The second-order valence-corrected chi connectivity index (χ2v) is 7.29. The molecular weight excluding hydrogens is 308 g/mol. The van der Waals surface area contributed by atoms with Crippen molar-refractivity contribution in [3.8, 4) is 0 Å². The third kappa shape index (κ3) is 4.62. The van der Waals surface area contributed by atoms with E-state index in [4.69, 9.17) is 5.11 Å². The van der Waals surface area contributed by atoms with E-state index in [9.17, 15) is 4.79 Å². The van der Waals surface area contributed by atoms with Crippen LogP contribution in [-0.4, -0.2) is 34.0 Å². The van der Waals surface area contributed by atoms with Gasteiger partial charge in [-0.25, -0.2) is 4.98 Å². The number of rotatable bonds is 6. The second kappa shape index (κ2) is 7.70. The van der Waals surface area contributed by atoms with Gasteiger partial charge in [0.1, 0.15) is 0 Å². The van der Waals surface area contributed by atoms with E-state index in [1.54, 1.807) is 11.3 Å². The minimum atomic E-state index is -0.648. The van der Waals surface area contributed by atoms with Crippen LogP contribution in [0.5, 0.6) is 0 Å². The summed E-state index contributed by atoms with van der Waals surface area (Å²) in [6.07, 6.45) is 5.51. The molecule has 0 bridgehead atoms. The van der Waals surface area contributed by atoms with Crippen molar-refractivity contribution in [2.24, 2.45) is 5.92 Å². The van der Waals surface area contributed by atoms with E-state index in [-0.39, 0.29) is 5.92 Å². The molecule has 0 amide bonds. The van der Waals surface area contributed by atoms with Gasteiger partial charge in [0.15, 0.2) is 0 Å². The van der Waals surface area contributed by atoms with Crippen molar-refractivity contribution in [3.63, 3.8) is 0 Å². The molecular formula is C18H22N2O2S. The maximum absolute atomic E-state index is 11.0. The van der Waals surface area contributed by atoms with Crippen LogP contribution in [0, 0.1) is 5.92 Å². The first kappa shape index (κ1) is 16.1. The van der Waals surface area contributed by atoms with Crippen LogP contribution in [0.3, 0.4) is 0 Å². The fourth-order valence-corrected chi connectivity index (χ4v) is 3.96. The Labute approximate surface area is 140 Å². The quantitative estimate of drug-likeness (QED) is 0.883. The summed E-state index contributed by atoms with van der Waals surface area (Å²) in [7, 11) is 0. The molecule has 4 nitrogen and oxygen atoms in total. The summed E-state index contributed by atoms with van der Waals surface area (Å²) in [6, 6.07) is 10.5. The number of nitrogens with zero attached hydrogens (tertiary/aromatic N) is 2. The van der Waals surface area contributed by atoms with Crippen LogP contribution in [0.25, 0.3) is 0 Å². The summed E-state index contributed by atoms with van der Waals surface area (Å²) >= 11 is 1.78. The molecule has 1 aromatic carbocycles. The second-order valence-electron chi connectivity index (χ2n) is 6.09. The van der Waals surface area contributed by atoms with E-state index in [2.05, 4.69) is 34.1 Å². The van der Waals surface area contributed by atoms with Crippen molar-refractivity contribution in [2.75, 3.05) is 13.1 Å². The van der Waals surface area contributed by atoms with Gasteiger partial charge in [-0.3, -0.25) is 9.69 Å². The Morgan fingerprint density at radius 2 is 1.96 bits per heavy atom. The van der Waals surface area contributed by atoms with Crippen molar-refractivity contribution in [3.05, 3.63) is 52.0 Å². The lowest BCUT2D eigenvalue weighted by Gasteiger charge is -2.29. The molecule has 1 N–H and O–H groups in total. The smallest absolute Gasteiger partial charge is 0.306 e. The number of carbonyl (C=O) groups is 1. The number of aryl methyl sites for hydroxylation is 2. The summed E-state index contributed by atoms with van der Waals surface area (Å²) in [6.45, 7) is 2.64. The highest BCUT2D eigenvalue weighted by Gasteiger charge is 2.24. The molecule has 5 heteroatoms. The van der Waals surface area contributed by atoms with Crippen molar-refractivity contribution in [1.29, 1.82) is 0 Å². The number of hydrogen-bond acceptors (Lipinski definition) is 4. The first-order valence-electron chi connectivity index (χ1n) is 8.13. The Balaban J connectivity index is 1.47. The number of likely N-dealkylation sites (tertiary alicyclic amines) is 1. The van der Waals surface area contributed by atoms with Gasteiger partial charge in [0, 0.05) is 24.0 Å². The molecule has 0 saturated carbocycles. The summed E-state index contributed by atoms with van der Waals surface area (Å²) in [5.41, 5.74) is 1.35. The van der Waals surface area contributed by atoms with Crippen molar-refractivity contribution in [2.45, 2.75) is 32.2 Å². The zero-order valence-corrected chi connectivity index (χ0v) is 14.0. The van der Waals surface area contributed by atoms with E-state index in [1.807, 2.05) is 12.3 Å². The van der Waals surface area contributed by atoms with Gasteiger partial charge in [-0.2, -0.15) is 0 Å². The van der Waals surface area contributed by atoms with Gasteiger partial charge in [0.25, 0.3) is 0 Å². The van der Waals surface area contributed by atoms with Crippen LogP contribution in [-0.2, 0) is 24.2 Å². The van der Waals surface area contributed by atoms with Gasteiger partial charge in [-0.05, 0) is 37.9 Å². The van der Waals surface area contributed by atoms with Crippen LogP contribution in [0.1, 0.15) is 28.3 Å². The van der Waals surface area contributed by atoms with Gasteiger partial charge < -0.3 is 5.11 Å². The Morgan fingerprint density at radius 1 is 1.22 bits per heavy atom. The van der Waals surface area contributed by atoms with Crippen LogP contribution in [0.15, 0.2) is 36.5 Å². The lowest BCUT2D eigenvalue weighted by Crippen LogP contribution is -2.35. The molecule has 0 radical (unpaired) electrons. The third-order valence-corrected chi connectivity index (χ3v) is 5.43. The van der Waals surface area contributed by atoms with E-state index in [1.165, 1.54) is 15.4 Å². The predicted octanol–water partition coefficient (Wildman–Crippen LogP) is 3.22. The van der Waals surface area contributed by atoms with Gasteiger partial charge in [0.2, 0.25) is 0 Å². The average Bonchev–Trinajstić information content (AvgIpc) is 3.02. The number of hydrogen-bond donors (Lipinski definition) is 1. The van der Waals surface area contributed by atoms with Gasteiger partial charge in [-0.1, -0.05) is 30.3 Å². The van der Waals surface area contributed by atoms with Gasteiger partial charge >= 0.3 is 5.97 Å². The topological polar surface area (TPSA) is 53.4 Å². The number of aromatic nitrogens is 1. The lowest BCUT2D eigenvalue weighted by molar-refractivity contribution is -0.143. The number of carboxylic acid groups (broad SMARTS) is 1. The highest BCUT2D eigenvalue weighted by Crippen LogP contribution is 2.22. The lowest BCUT2D eigenvalue weighted by atomic mass is 9.97. The molecule has 0 spiro atoms. The van der Waals surface area contributed by atoms with E-state index >= 15 is 0 Å². The zero-order valence-electron chi connectivity index (χ0n) is 13.1. The number of benzene rings is 1. The van der Waals surface area contributed by atoms with Crippen LogP contribution < -0.4 is 0 Å². The number of carboxylic acids is 1. The van der Waals surface area contributed by atoms with E-state index < -0.39 is 5.97 Å². The molecule has 0 unspecified atom stereocenters. The molecule has 1 fully saturated rings. The molecule has 1 aliphatic heterocycles. The molecule has 2 aromatic rings. The number of thiazole rings is 1. The van der Waals surface area contributed by atoms with Gasteiger partial charge in [-0.15, -0.1) is 11.3 Å². The molecule has 0 atom stereocenters. The SMILES string of the molecule is O=C(O)C1CCN(Cc2cnc(CCc3ccccc3)s2)CC1. The molecule has 2 heterocycles. The largest absolute Gasteiger partial charge is 0.481 e. The van der Waals surface area contributed by atoms with E-state index in [0.717, 1.165) is 45.3 Å². The summed E-state index contributed by atoms with van der Waals surface area (Å²) in [5, 5.41) is 10.2. The molecule has 3 rings (SSSR count). The Morgan fingerprint density at radius 3 is 2.65 bits per heavy atom. The Kier molecular flexibility index (Phi) is 5.41. The highest BCUT2D eigenvalue weighted by atomic mass is 32.1. The fraction of sp³-hybridized carbons (Fsp3) is 0.444. The number of aliphatic carboxylic acids is 1. The normalized spacial score (nSPS) is 16.5. The molecule has 1 aliphatic rings. The fourth-order valence-electron chi connectivity index (χ4n) is 2.99. The van der Waals surface area contributed by atoms with Crippen LogP contribution >= 0.6 is 11.3 Å². The zero-order chi connectivity index (χ0) is 16.1. The number of piperidine rings is 1. The van der Waals surface area contributed by atoms with Crippen molar-refractivity contribution >= 4 is 17.3 Å². The first-order chi connectivity index (χ1) is 11.2. The molecule has 0 aliphatic carbocycles. The molecule has 1 aromatic heterocycles. The molecule has 23 heavy (non-hydrogen) atoms. The molecule has 122 valence electrons. The Bertz CT molecular complexity index is 633. The summed E-state index contributed by atoms with van der Waals surface area (Å²) < 4.78 is 0. The standard InChI is InChI=1S/C18H22N2O2S/c21-18(22)15-8-10-20(11-9-15)13-16-12-19-17(23-16)7-6-14-4-2-1-3-5-14/h1-5,12,15H,6-11,13H2,(H,21,22). The Hall–Kier alpha value is -1.72. The minimum Gasteiger partial charge on any atom is -0.481 e. The van der Waals surface area contributed by atoms with Crippen LogP contribution in [0.2, 0.25) is 0 Å². The summed E-state index contributed by atoms with van der Waals surface area (Å²) in [4.78, 5) is 19.1. The maximum Gasteiger partial charge on any atom is 0.306 e. The monoisotopic (exact) mass is 330 g/mol. The highest BCUT2D eigenvalue weighted by molar-refractivity contribution is 7.11. The van der Waals surface area contributed by atoms with Gasteiger partial charge in [0.05, 0.1) is 10.9 Å². The minimum absolute atomic E-state index is 0.158. The van der Waals surface area contributed by atoms with E-state index in [0.29, 0.717) is 0 Å². The third-order valence-electron chi connectivity index (χ3n) is 4.39. The van der Waals surface area contributed by atoms with Crippen molar-refractivity contribution in [1.82, 2.24) is 9.88 Å². The predicted molar refractivity (Wildman–Crippen MR) is 91.6 cm³/mol. The van der Waals surface area contributed by atoms with Crippen LogP contribution in [0.4, 0.5) is 0 Å². The molecule has 1 saturated heterocycles. The van der Waals surface area contributed by atoms with Crippen molar-refractivity contribution < 1.29 is 9.90 Å².